The predicted molar refractivity (Wildman–Crippen MR) is 101 cm³/mol. The predicted octanol–water partition coefficient (Wildman–Crippen LogP) is 5.07. The molecule has 0 amide bonds. The summed E-state index contributed by atoms with van der Waals surface area (Å²) in [6.07, 6.45) is 8.31. The highest BCUT2D eigenvalue weighted by molar-refractivity contribution is 9.09. The maximum Gasteiger partial charge on any atom is 0.0653 e. The molecule has 0 heterocycles. The minimum atomic E-state index is -0.569. The maximum atomic E-state index is 11.1. The molecule has 3 heteroatoms. The number of hydrogen-bond donors (Lipinski definition) is 2. The van der Waals surface area contributed by atoms with Crippen LogP contribution in [0, 0.1) is 22.7 Å². The average molecular weight is 387 g/mol. The zero-order valence-corrected chi connectivity index (χ0v) is 17.1. The molecule has 2 N–H and O–H groups in total. The highest BCUT2D eigenvalue weighted by atomic mass is 79.9. The van der Waals surface area contributed by atoms with Crippen LogP contribution >= 0.6 is 15.9 Å². The molecule has 2 rings (SSSR count). The van der Waals surface area contributed by atoms with Gasteiger partial charge in [-0.3, -0.25) is 0 Å². The van der Waals surface area contributed by atoms with Crippen LogP contribution in [0.4, 0.5) is 0 Å². The van der Waals surface area contributed by atoms with Gasteiger partial charge in [0.15, 0.2) is 0 Å². The molecular formula is C20H35BrO2. The molecule has 5 atom stereocenters. The van der Waals surface area contributed by atoms with Crippen molar-refractivity contribution in [2.24, 2.45) is 22.7 Å². The van der Waals surface area contributed by atoms with Crippen LogP contribution in [0.15, 0.2) is 11.6 Å². The topological polar surface area (TPSA) is 40.5 Å². The zero-order valence-electron chi connectivity index (χ0n) is 15.5. The first kappa shape index (κ1) is 19.5. The van der Waals surface area contributed by atoms with Gasteiger partial charge in [0.25, 0.3) is 0 Å². The Bertz CT molecular complexity index is 455. The number of alkyl halides is 1. The summed E-state index contributed by atoms with van der Waals surface area (Å²) in [6, 6.07) is 0. The second kappa shape index (κ2) is 6.80. The summed E-state index contributed by atoms with van der Waals surface area (Å²) >= 11 is 3.93. The molecule has 0 aromatic rings. The largest absolute Gasteiger partial charge is 0.392 e. The fraction of sp³-hybridized carbons (Fsp3) is 0.900. The fourth-order valence-corrected chi connectivity index (χ4v) is 6.31. The maximum absolute atomic E-state index is 11.1. The molecule has 0 aromatic heterocycles. The second-order valence-corrected chi connectivity index (χ2v) is 10.2. The molecule has 134 valence electrons. The summed E-state index contributed by atoms with van der Waals surface area (Å²) in [4.78, 5) is 0.577. The smallest absolute Gasteiger partial charge is 0.0653 e. The SMILES string of the molecule is C/C(=C/CO)CC[C@H]1[C@]2(C)CC[C@@H](Br)C(C)(C)[C@H]2CC[C@@]1(C)O. The third kappa shape index (κ3) is 3.57. The minimum Gasteiger partial charge on any atom is -0.392 e. The molecular weight excluding hydrogens is 352 g/mol. The lowest BCUT2D eigenvalue weighted by Crippen LogP contribution is -2.59. The van der Waals surface area contributed by atoms with Crippen LogP contribution in [0.3, 0.4) is 0 Å². The van der Waals surface area contributed by atoms with Gasteiger partial charge in [0.05, 0.1) is 12.2 Å². The highest BCUT2D eigenvalue weighted by Gasteiger charge is 2.59. The van der Waals surface area contributed by atoms with Crippen LogP contribution in [0.1, 0.15) is 73.1 Å². The van der Waals surface area contributed by atoms with Crippen molar-refractivity contribution in [3.05, 3.63) is 11.6 Å². The van der Waals surface area contributed by atoms with Gasteiger partial charge in [-0.25, -0.2) is 0 Å². The van der Waals surface area contributed by atoms with Crippen molar-refractivity contribution < 1.29 is 10.2 Å². The molecule has 0 aliphatic heterocycles. The van der Waals surface area contributed by atoms with Crippen LogP contribution in [0.5, 0.6) is 0 Å². The third-order valence-corrected chi connectivity index (χ3v) is 8.83. The molecule has 2 aliphatic rings. The lowest BCUT2D eigenvalue weighted by Gasteiger charge is -2.62. The zero-order chi connectivity index (χ0) is 17.5. The quantitative estimate of drug-likeness (QED) is 0.522. The number of fused-ring (bicyclic) bond motifs is 1. The normalized spacial score (nSPS) is 44.0. The van der Waals surface area contributed by atoms with Crippen molar-refractivity contribution >= 4 is 15.9 Å². The van der Waals surface area contributed by atoms with Gasteiger partial charge >= 0.3 is 0 Å². The first-order chi connectivity index (χ1) is 10.6. The Morgan fingerprint density at radius 2 is 1.83 bits per heavy atom. The van der Waals surface area contributed by atoms with Crippen LogP contribution in [-0.4, -0.2) is 27.2 Å². The van der Waals surface area contributed by atoms with Gasteiger partial charge in [0.1, 0.15) is 0 Å². The molecule has 0 bridgehead atoms. The van der Waals surface area contributed by atoms with E-state index in [0.29, 0.717) is 16.7 Å². The van der Waals surface area contributed by atoms with E-state index in [4.69, 9.17) is 5.11 Å². The number of allylic oxidation sites excluding steroid dienone is 1. The summed E-state index contributed by atoms with van der Waals surface area (Å²) in [7, 11) is 0. The highest BCUT2D eigenvalue weighted by Crippen LogP contribution is 2.64. The number of aliphatic hydroxyl groups excluding tert-OH is 1. The fourth-order valence-electron chi connectivity index (χ4n) is 5.76. The lowest BCUT2D eigenvalue weighted by molar-refractivity contribution is -0.166. The van der Waals surface area contributed by atoms with Crippen LogP contribution in [-0.2, 0) is 0 Å². The van der Waals surface area contributed by atoms with E-state index in [-0.39, 0.29) is 17.4 Å². The van der Waals surface area contributed by atoms with Gasteiger partial charge < -0.3 is 10.2 Å². The van der Waals surface area contributed by atoms with Gasteiger partial charge in [-0.1, -0.05) is 48.4 Å². The number of hydrogen-bond acceptors (Lipinski definition) is 2. The molecule has 2 nitrogen and oxygen atoms in total. The average Bonchev–Trinajstić information content (AvgIpc) is 2.42. The summed E-state index contributed by atoms with van der Waals surface area (Å²) < 4.78 is 0. The third-order valence-electron chi connectivity index (χ3n) is 7.19. The van der Waals surface area contributed by atoms with Gasteiger partial charge in [-0.05, 0) is 75.0 Å². The van der Waals surface area contributed by atoms with Crippen LogP contribution < -0.4 is 0 Å². The Morgan fingerprint density at radius 1 is 1.17 bits per heavy atom. The molecule has 0 saturated heterocycles. The van der Waals surface area contributed by atoms with E-state index in [2.05, 4.69) is 50.5 Å². The van der Waals surface area contributed by atoms with E-state index in [1.54, 1.807) is 0 Å². The molecule has 0 radical (unpaired) electrons. The summed E-state index contributed by atoms with van der Waals surface area (Å²) in [5.41, 5.74) is 1.15. The van der Waals surface area contributed by atoms with Crippen molar-refractivity contribution in [2.75, 3.05) is 6.61 Å². The van der Waals surface area contributed by atoms with E-state index in [1.807, 2.05) is 6.08 Å². The van der Waals surface area contributed by atoms with E-state index in [0.717, 1.165) is 25.7 Å². The number of halogens is 1. The Morgan fingerprint density at radius 3 is 2.43 bits per heavy atom. The Kier molecular flexibility index (Phi) is 5.76. The minimum absolute atomic E-state index is 0.116. The molecule has 2 aliphatic carbocycles. The molecule has 23 heavy (non-hydrogen) atoms. The molecule has 0 unspecified atom stereocenters. The van der Waals surface area contributed by atoms with Crippen molar-refractivity contribution in [3.8, 4) is 0 Å². The van der Waals surface area contributed by atoms with Gasteiger partial charge in [0.2, 0.25) is 0 Å². The van der Waals surface area contributed by atoms with E-state index < -0.39 is 5.60 Å². The van der Waals surface area contributed by atoms with E-state index in [1.165, 1.54) is 18.4 Å². The Balaban J connectivity index is 2.28. The van der Waals surface area contributed by atoms with Crippen molar-refractivity contribution in [1.29, 1.82) is 0 Å². The first-order valence-electron chi connectivity index (χ1n) is 9.18. The van der Waals surface area contributed by atoms with Gasteiger partial charge in [-0.15, -0.1) is 0 Å². The summed E-state index contributed by atoms with van der Waals surface area (Å²) in [5, 5.41) is 20.2. The van der Waals surface area contributed by atoms with E-state index >= 15 is 0 Å². The van der Waals surface area contributed by atoms with E-state index in [9.17, 15) is 5.11 Å². The Hall–Kier alpha value is 0.140. The number of aliphatic hydroxyl groups is 2. The van der Waals surface area contributed by atoms with Crippen molar-refractivity contribution in [3.63, 3.8) is 0 Å². The Labute approximate surface area is 150 Å². The van der Waals surface area contributed by atoms with Crippen LogP contribution in [0.2, 0.25) is 0 Å². The number of rotatable bonds is 4. The summed E-state index contributed by atoms with van der Waals surface area (Å²) in [5.74, 6) is 0.982. The van der Waals surface area contributed by atoms with Crippen LogP contribution in [0.25, 0.3) is 0 Å². The first-order valence-corrected chi connectivity index (χ1v) is 10.1. The molecule has 0 aromatic carbocycles. The molecule has 2 fully saturated rings. The second-order valence-electron chi connectivity index (χ2n) is 9.11. The standard InChI is InChI=1S/C20H35BrO2/c1-14(10-13-22)6-7-16-19(4)11-9-17(21)18(2,3)15(19)8-12-20(16,5)23/h10,15-17,22-23H,6-9,11-13H2,1-5H3/b14-10-/t15-,16+,17-,19-,20-/m1/s1. The monoisotopic (exact) mass is 386 g/mol. The van der Waals surface area contributed by atoms with Crippen molar-refractivity contribution in [1.82, 2.24) is 0 Å². The molecule has 2 saturated carbocycles. The van der Waals surface area contributed by atoms with Crippen molar-refractivity contribution in [2.45, 2.75) is 83.6 Å². The molecule has 0 spiro atoms. The van der Waals surface area contributed by atoms with Gasteiger partial charge in [0, 0.05) is 4.83 Å². The lowest BCUT2D eigenvalue weighted by atomic mass is 9.45. The van der Waals surface area contributed by atoms with Gasteiger partial charge in [-0.2, -0.15) is 0 Å². The summed E-state index contributed by atoms with van der Waals surface area (Å²) in [6.45, 7) is 11.5.